The maximum atomic E-state index is 12.6. The van der Waals surface area contributed by atoms with Crippen molar-refractivity contribution in [2.45, 2.75) is 33.0 Å². The van der Waals surface area contributed by atoms with Crippen LogP contribution >= 0.6 is 0 Å². The normalized spacial score (nSPS) is 10.9. The molecule has 0 unspecified atom stereocenters. The maximum Gasteiger partial charge on any atom is 0.271 e. The Labute approximate surface area is 177 Å². The fourth-order valence-corrected chi connectivity index (χ4v) is 3.32. The number of nitrogens with one attached hydrogen (secondary N) is 1. The fourth-order valence-electron chi connectivity index (χ4n) is 3.32. The van der Waals surface area contributed by atoms with E-state index in [0.717, 1.165) is 29.7 Å². The minimum Gasteiger partial charge on any atom is -0.347 e. The first-order chi connectivity index (χ1) is 14.5. The Morgan fingerprint density at radius 1 is 1.03 bits per heavy atom. The Kier molecular flexibility index (Phi) is 7.14. The van der Waals surface area contributed by atoms with Gasteiger partial charge < -0.3 is 10.2 Å². The highest BCUT2D eigenvalue weighted by Gasteiger charge is 2.11. The number of hydrogen-bond acceptors (Lipinski definition) is 4. The van der Waals surface area contributed by atoms with Crippen molar-refractivity contribution in [3.05, 3.63) is 87.8 Å². The van der Waals surface area contributed by atoms with Crippen LogP contribution in [-0.2, 0) is 19.6 Å². The number of carbonyl (C=O) groups is 1. The van der Waals surface area contributed by atoms with Crippen molar-refractivity contribution in [3.8, 4) is 11.1 Å². The summed E-state index contributed by atoms with van der Waals surface area (Å²) in [5.41, 5.74) is 4.51. The molecule has 156 valence electrons. The van der Waals surface area contributed by atoms with Crippen LogP contribution in [-0.4, -0.2) is 34.7 Å². The van der Waals surface area contributed by atoms with Crippen LogP contribution in [0.3, 0.4) is 0 Å². The van der Waals surface area contributed by atoms with Crippen LogP contribution < -0.4 is 10.9 Å². The van der Waals surface area contributed by atoms with Crippen molar-refractivity contribution in [2.24, 2.45) is 0 Å². The van der Waals surface area contributed by atoms with Crippen molar-refractivity contribution < 1.29 is 4.79 Å². The Morgan fingerprint density at radius 3 is 2.47 bits per heavy atom. The van der Waals surface area contributed by atoms with Gasteiger partial charge in [0.25, 0.3) is 11.5 Å². The molecule has 1 N–H and O–H groups in total. The second-order valence-electron chi connectivity index (χ2n) is 7.55. The third-order valence-corrected chi connectivity index (χ3v) is 4.76. The summed E-state index contributed by atoms with van der Waals surface area (Å²) in [7, 11) is 4.10. The Morgan fingerprint density at radius 2 is 1.77 bits per heavy atom. The Hall–Kier alpha value is -3.25. The molecule has 1 amide bonds. The number of nitrogens with zero attached hydrogens (tertiary/aromatic N) is 3. The standard InChI is InChI=1S/C24H28N4O2/c1-4-15-28-23(29)14-13-22(26-28)24(30)25-16-20-7-5-6-8-21(20)19-11-9-18(10-12-19)17-27(2)3/h5-14H,4,15-17H2,1-3H3,(H,25,30). The van der Waals surface area contributed by atoms with E-state index in [1.165, 1.54) is 22.4 Å². The zero-order valence-electron chi connectivity index (χ0n) is 17.8. The quantitative estimate of drug-likeness (QED) is 0.625. The van der Waals surface area contributed by atoms with Gasteiger partial charge in [0.2, 0.25) is 0 Å². The molecule has 3 rings (SSSR count). The van der Waals surface area contributed by atoms with E-state index in [2.05, 4.69) is 59.7 Å². The minimum atomic E-state index is -0.295. The maximum absolute atomic E-state index is 12.6. The van der Waals surface area contributed by atoms with Crippen LogP contribution in [0.1, 0.15) is 35.0 Å². The van der Waals surface area contributed by atoms with Crippen LogP contribution in [0.2, 0.25) is 0 Å². The summed E-state index contributed by atoms with van der Waals surface area (Å²) in [6.07, 6.45) is 0.776. The number of aromatic nitrogens is 2. The van der Waals surface area contributed by atoms with E-state index in [0.29, 0.717) is 13.1 Å². The number of benzene rings is 2. The minimum absolute atomic E-state index is 0.198. The van der Waals surface area contributed by atoms with E-state index in [1.807, 2.05) is 25.1 Å². The summed E-state index contributed by atoms with van der Waals surface area (Å²) in [5, 5.41) is 7.10. The zero-order chi connectivity index (χ0) is 21.5. The monoisotopic (exact) mass is 404 g/mol. The lowest BCUT2D eigenvalue weighted by molar-refractivity contribution is 0.0943. The third kappa shape index (κ3) is 5.42. The first-order valence-corrected chi connectivity index (χ1v) is 10.2. The average Bonchev–Trinajstić information content (AvgIpc) is 2.74. The highest BCUT2D eigenvalue weighted by atomic mass is 16.2. The molecule has 0 saturated heterocycles. The smallest absolute Gasteiger partial charge is 0.271 e. The summed E-state index contributed by atoms with van der Waals surface area (Å²) in [6, 6.07) is 19.4. The van der Waals surface area contributed by atoms with Gasteiger partial charge in [0.05, 0.1) is 0 Å². The first kappa shape index (κ1) is 21.5. The SMILES string of the molecule is CCCn1nc(C(=O)NCc2ccccc2-c2ccc(CN(C)C)cc2)ccc1=O. The van der Waals surface area contributed by atoms with E-state index >= 15 is 0 Å². The van der Waals surface area contributed by atoms with Crippen molar-refractivity contribution in [1.29, 1.82) is 0 Å². The lowest BCUT2D eigenvalue weighted by atomic mass is 9.98. The molecule has 1 heterocycles. The van der Waals surface area contributed by atoms with Crippen molar-refractivity contribution >= 4 is 5.91 Å². The third-order valence-electron chi connectivity index (χ3n) is 4.76. The van der Waals surface area contributed by atoms with Gasteiger partial charge in [0.1, 0.15) is 5.69 Å². The molecule has 0 spiro atoms. The molecule has 0 atom stereocenters. The van der Waals surface area contributed by atoms with Crippen molar-refractivity contribution in [2.75, 3.05) is 14.1 Å². The molecule has 1 aromatic heterocycles. The number of aryl methyl sites for hydroxylation is 1. The lowest BCUT2D eigenvalue weighted by Gasteiger charge is -2.13. The number of amides is 1. The zero-order valence-corrected chi connectivity index (χ0v) is 17.8. The number of carbonyl (C=O) groups excluding carboxylic acids is 1. The molecule has 30 heavy (non-hydrogen) atoms. The topological polar surface area (TPSA) is 67.2 Å². The molecule has 0 radical (unpaired) electrons. The summed E-state index contributed by atoms with van der Waals surface area (Å²) in [5.74, 6) is -0.295. The van der Waals surface area contributed by atoms with E-state index < -0.39 is 0 Å². The van der Waals surface area contributed by atoms with Crippen molar-refractivity contribution in [3.63, 3.8) is 0 Å². The molecule has 0 aliphatic rings. The molecular formula is C24H28N4O2. The second kappa shape index (κ2) is 9.98. The van der Waals surface area contributed by atoms with Gasteiger partial charge in [-0.15, -0.1) is 0 Å². The highest BCUT2D eigenvalue weighted by molar-refractivity contribution is 5.92. The van der Waals surface area contributed by atoms with Gasteiger partial charge in [0, 0.05) is 25.7 Å². The van der Waals surface area contributed by atoms with E-state index in [4.69, 9.17) is 0 Å². The largest absolute Gasteiger partial charge is 0.347 e. The van der Waals surface area contributed by atoms with Gasteiger partial charge in [-0.3, -0.25) is 9.59 Å². The molecule has 2 aromatic carbocycles. The van der Waals surface area contributed by atoms with Gasteiger partial charge in [-0.2, -0.15) is 5.10 Å². The van der Waals surface area contributed by atoms with Crippen LogP contribution in [0.15, 0.2) is 65.5 Å². The van der Waals surface area contributed by atoms with Crippen LogP contribution in [0.4, 0.5) is 0 Å². The van der Waals surface area contributed by atoms with E-state index in [1.54, 1.807) is 0 Å². The summed E-state index contributed by atoms with van der Waals surface area (Å²) in [6.45, 7) is 3.73. The molecule has 6 heteroatoms. The Bertz CT molecular complexity index is 1060. The van der Waals surface area contributed by atoms with Crippen LogP contribution in [0, 0.1) is 0 Å². The van der Waals surface area contributed by atoms with Gasteiger partial charge in [-0.25, -0.2) is 4.68 Å². The summed E-state index contributed by atoms with van der Waals surface area (Å²) < 4.78 is 1.33. The molecule has 0 aliphatic carbocycles. The average molecular weight is 405 g/mol. The summed E-state index contributed by atoms with van der Waals surface area (Å²) >= 11 is 0. The fraction of sp³-hybridized carbons (Fsp3) is 0.292. The van der Waals surface area contributed by atoms with Crippen molar-refractivity contribution in [1.82, 2.24) is 20.0 Å². The molecule has 3 aromatic rings. The van der Waals surface area contributed by atoms with Crippen LogP contribution in [0.5, 0.6) is 0 Å². The van der Waals surface area contributed by atoms with Gasteiger partial charge in [-0.05, 0) is 48.8 Å². The highest BCUT2D eigenvalue weighted by Crippen LogP contribution is 2.24. The predicted molar refractivity (Wildman–Crippen MR) is 119 cm³/mol. The molecule has 6 nitrogen and oxygen atoms in total. The number of hydrogen-bond donors (Lipinski definition) is 1. The molecule has 0 fully saturated rings. The summed E-state index contributed by atoms with van der Waals surface area (Å²) in [4.78, 5) is 26.5. The molecular weight excluding hydrogens is 376 g/mol. The van der Waals surface area contributed by atoms with E-state index in [-0.39, 0.29) is 17.2 Å². The van der Waals surface area contributed by atoms with Gasteiger partial charge in [-0.1, -0.05) is 55.5 Å². The predicted octanol–water partition coefficient (Wildman–Crippen LogP) is 3.31. The van der Waals surface area contributed by atoms with E-state index in [9.17, 15) is 9.59 Å². The molecule has 0 saturated carbocycles. The van der Waals surface area contributed by atoms with Gasteiger partial charge >= 0.3 is 0 Å². The first-order valence-electron chi connectivity index (χ1n) is 10.2. The number of rotatable bonds is 8. The molecule has 0 bridgehead atoms. The van der Waals surface area contributed by atoms with Crippen LogP contribution in [0.25, 0.3) is 11.1 Å². The lowest BCUT2D eigenvalue weighted by Crippen LogP contribution is -2.29. The Balaban J connectivity index is 1.75. The molecule has 0 aliphatic heterocycles. The second-order valence-corrected chi connectivity index (χ2v) is 7.55. The van der Waals surface area contributed by atoms with Gasteiger partial charge in [0.15, 0.2) is 0 Å².